The third-order valence-electron chi connectivity index (χ3n) is 5.25. The molecule has 1 heterocycles. The van der Waals surface area contributed by atoms with Crippen molar-refractivity contribution in [1.82, 2.24) is 9.80 Å². The highest BCUT2D eigenvalue weighted by Crippen LogP contribution is 2.25. The fraction of sp³-hybridized carbons (Fsp3) is 0.409. The number of carbonyl (C=O) groups excluding carboxylic acids is 1. The minimum Gasteiger partial charge on any atom is -0.491 e. The molecule has 1 saturated heterocycles. The van der Waals surface area contributed by atoms with Gasteiger partial charge < -0.3 is 9.64 Å². The maximum atomic E-state index is 13.3. The van der Waals surface area contributed by atoms with E-state index in [2.05, 4.69) is 0 Å². The summed E-state index contributed by atoms with van der Waals surface area (Å²) in [7, 11) is -1.25. The Morgan fingerprint density at radius 2 is 1.69 bits per heavy atom. The molecule has 2 aromatic rings. The van der Waals surface area contributed by atoms with E-state index in [9.17, 15) is 13.2 Å². The van der Waals surface area contributed by atoms with Gasteiger partial charge in [0, 0.05) is 20.1 Å². The van der Waals surface area contributed by atoms with Gasteiger partial charge in [0.2, 0.25) is 5.91 Å². The number of amides is 1. The number of rotatable bonds is 7. The zero-order valence-corrected chi connectivity index (χ0v) is 17.8. The number of carbonyl (C=O) groups is 1. The number of likely N-dealkylation sites (N-methyl/N-ethyl adjacent to an activating group) is 1. The Balaban J connectivity index is 1.68. The lowest BCUT2D eigenvalue weighted by Crippen LogP contribution is -2.48. The molecule has 6 nitrogen and oxygen atoms in total. The third kappa shape index (κ3) is 5.58. The molecule has 156 valence electrons. The van der Waals surface area contributed by atoms with Crippen LogP contribution in [0.25, 0.3) is 0 Å². The summed E-state index contributed by atoms with van der Waals surface area (Å²) in [6.07, 6.45) is 0. The quantitative estimate of drug-likeness (QED) is 0.693. The number of para-hydroxylation sites is 1. The molecule has 0 aromatic heterocycles. The standard InChI is InChI=1S/C22H28N2O4S/c1-18-8-6-7-11-20(18)28-15-12-23(2)22(25)21(19-9-4-3-5-10-19)24-13-16-29(26,27)17-14-24/h3-11,21H,12-17H2,1-2H3. The first-order valence-electron chi connectivity index (χ1n) is 9.80. The monoisotopic (exact) mass is 416 g/mol. The summed E-state index contributed by atoms with van der Waals surface area (Å²) in [5, 5.41) is 0. The second-order valence-corrected chi connectivity index (χ2v) is 9.68. The molecule has 1 atom stereocenters. The fourth-order valence-electron chi connectivity index (χ4n) is 3.46. The highest BCUT2D eigenvalue weighted by molar-refractivity contribution is 7.91. The fourth-order valence-corrected chi connectivity index (χ4v) is 4.69. The summed E-state index contributed by atoms with van der Waals surface area (Å²) in [6.45, 7) is 3.55. The Morgan fingerprint density at radius 1 is 1.07 bits per heavy atom. The molecule has 1 aliphatic rings. The number of aryl methyl sites for hydroxylation is 1. The lowest BCUT2D eigenvalue weighted by Gasteiger charge is -2.35. The van der Waals surface area contributed by atoms with Crippen LogP contribution in [0.1, 0.15) is 17.2 Å². The van der Waals surface area contributed by atoms with Gasteiger partial charge >= 0.3 is 0 Å². The Hall–Kier alpha value is -2.38. The van der Waals surface area contributed by atoms with Crippen molar-refractivity contribution in [3.8, 4) is 5.75 Å². The van der Waals surface area contributed by atoms with Crippen molar-refractivity contribution in [3.05, 3.63) is 65.7 Å². The van der Waals surface area contributed by atoms with Crippen molar-refractivity contribution in [2.45, 2.75) is 13.0 Å². The number of hydrogen-bond acceptors (Lipinski definition) is 5. The molecule has 0 N–H and O–H groups in total. The molecule has 0 saturated carbocycles. The number of benzene rings is 2. The van der Waals surface area contributed by atoms with Gasteiger partial charge in [0.25, 0.3) is 0 Å². The van der Waals surface area contributed by atoms with Crippen molar-refractivity contribution in [1.29, 1.82) is 0 Å². The van der Waals surface area contributed by atoms with E-state index in [0.717, 1.165) is 16.9 Å². The van der Waals surface area contributed by atoms with Crippen molar-refractivity contribution >= 4 is 15.7 Å². The molecule has 1 fully saturated rings. The van der Waals surface area contributed by atoms with Gasteiger partial charge in [-0.15, -0.1) is 0 Å². The second-order valence-electron chi connectivity index (χ2n) is 7.37. The Bertz CT molecular complexity index is 917. The Morgan fingerprint density at radius 3 is 2.34 bits per heavy atom. The van der Waals surface area contributed by atoms with E-state index in [1.54, 1.807) is 11.9 Å². The van der Waals surface area contributed by atoms with Crippen LogP contribution in [0, 0.1) is 6.92 Å². The van der Waals surface area contributed by atoms with Gasteiger partial charge in [-0.25, -0.2) is 8.42 Å². The number of nitrogens with zero attached hydrogens (tertiary/aromatic N) is 2. The predicted molar refractivity (Wildman–Crippen MR) is 114 cm³/mol. The van der Waals surface area contributed by atoms with Crippen LogP contribution in [0.3, 0.4) is 0 Å². The summed E-state index contributed by atoms with van der Waals surface area (Å²) in [4.78, 5) is 16.9. The summed E-state index contributed by atoms with van der Waals surface area (Å²) >= 11 is 0. The highest BCUT2D eigenvalue weighted by Gasteiger charge is 2.33. The van der Waals surface area contributed by atoms with Crippen molar-refractivity contribution < 1.29 is 17.9 Å². The lowest BCUT2D eigenvalue weighted by molar-refractivity contribution is -0.136. The largest absolute Gasteiger partial charge is 0.491 e. The van der Waals surface area contributed by atoms with E-state index in [-0.39, 0.29) is 17.4 Å². The van der Waals surface area contributed by atoms with E-state index < -0.39 is 15.9 Å². The van der Waals surface area contributed by atoms with Gasteiger partial charge in [0.05, 0.1) is 18.1 Å². The average Bonchev–Trinajstić information content (AvgIpc) is 2.71. The van der Waals surface area contributed by atoms with Crippen LogP contribution in [0.4, 0.5) is 0 Å². The van der Waals surface area contributed by atoms with E-state index >= 15 is 0 Å². The van der Waals surface area contributed by atoms with E-state index in [4.69, 9.17) is 4.74 Å². The normalized spacial score (nSPS) is 17.4. The Labute approximate surface area is 173 Å². The van der Waals surface area contributed by atoms with Gasteiger partial charge in [-0.1, -0.05) is 48.5 Å². The Kier molecular flexibility index (Phi) is 6.92. The van der Waals surface area contributed by atoms with E-state index in [1.807, 2.05) is 66.4 Å². The molecule has 0 bridgehead atoms. The van der Waals surface area contributed by atoms with Gasteiger partial charge in [-0.05, 0) is 24.1 Å². The van der Waals surface area contributed by atoms with Crippen LogP contribution < -0.4 is 4.74 Å². The second kappa shape index (κ2) is 9.41. The SMILES string of the molecule is Cc1ccccc1OCCN(C)C(=O)C(c1ccccc1)N1CCS(=O)(=O)CC1. The maximum Gasteiger partial charge on any atom is 0.244 e. The topological polar surface area (TPSA) is 66.9 Å². The third-order valence-corrected chi connectivity index (χ3v) is 6.86. The molecule has 0 radical (unpaired) electrons. The van der Waals surface area contributed by atoms with Crippen molar-refractivity contribution in [2.24, 2.45) is 0 Å². The molecule has 1 unspecified atom stereocenters. The van der Waals surface area contributed by atoms with Crippen LogP contribution >= 0.6 is 0 Å². The molecule has 3 rings (SSSR count). The first kappa shape index (κ1) is 21.3. The lowest BCUT2D eigenvalue weighted by atomic mass is 10.0. The molecule has 0 aliphatic carbocycles. The molecule has 2 aromatic carbocycles. The predicted octanol–water partition coefficient (Wildman–Crippen LogP) is 2.30. The maximum absolute atomic E-state index is 13.3. The number of hydrogen-bond donors (Lipinski definition) is 0. The molecule has 1 amide bonds. The van der Waals surface area contributed by atoms with Crippen LogP contribution in [-0.2, 0) is 14.6 Å². The zero-order chi connectivity index (χ0) is 20.9. The van der Waals surface area contributed by atoms with Crippen LogP contribution in [0.15, 0.2) is 54.6 Å². The minimum absolute atomic E-state index is 0.0520. The van der Waals surface area contributed by atoms with Crippen LogP contribution in [0.5, 0.6) is 5.75 Å². The number of sulfone groups is 1. The summed E-state index contributed by atoms with van der Waals surface area (Å²) < 4.78 is 29.5. The van der Waals surface area contributed by atoms with E-state index in [0.29, 0.717) is 26.2 Å². The van der Waals surface area contributed by atoms with Gasteiger partial charge in [0.15, 0.2) is 9.84 Å². The van der Waals surface area contributed by atoms with E-state index in [1.165, 1.54) is 0 Å². The van der Waals surface area contributed by atoms with Gasteiger partial charge in [-0.2, -0.15) is 0 Å². The smallest absolute Gasteiger partial charge is 0.244 e. The molecule has 29 heavy (non-hydrogen) atoms. The molecule has 0 spiro atoms. The molecule has 1 aliphatic heterocycles. The van der Waals surface area contributed by atoms with Gasteiger partial charge in [-0.3, -0.25) is 9.69 Å². The summed E-state index contributed by atoms with van der Waals surface area (Å²) in [6, 6.07) is 16.8. The summed E-state index contributed by atoms with van der Waals surface area (Å²) in [5.41, 5.74) is 1.93. The average molecular weight is 417 g/mol. The van der Waals surface area contributed by atoms with Crippen molar-refractivity contribution in [2.75, 3.05) is 44.8 Å². The molecular formula is C22H28N2O4S. The van der Waals surface area contributed by atoms with Crippen molar-refractivity contribution in [3.63, 3.8) is 0 Å². The first-order chi connectivity index (χ1) is 13.9. The zero-order valence-electron chi connectivity index (χ0n) is 17.0. The minimum atomic E-state index is -3.01. The van der Waals surface area contributed by atoms with Crippen LogP contribution in [-0.4, -0.2) is 68.9 Å². The molecular weight excluding hydrogens is 388 g/mol. The first-order valence-corrected chi connectivity index (χ1v) is 11.6. The summed E-state index contributed by atoms with van der Waals surface area (Å²) in [5.74, 6) is 0.936. The van der Waals surface area contributed by atoms with Crippen LogP contribution in [0.2, 0.25) is 0 Å². The number of ether oxygens (including phenoxy) is 1. The molecule has 7 heteroatoms. The highest BCUT2D eigenvalue weighted by atomic mass is 32.2. The van der Waals surface area contributed by atoms with Gasteiger partial charge in [0.1, 0.15) is 18.4 Å².